The average molecular weight is 321 g/mol. The fourth-order valence-electron chi connectivity index (χ4n) is 2.23. The Labute approximate surface area is 140 Å². The minimum Gasteiger partial charge on any atom is -0.353 e. The first-order chi connectivity index (χ1) is 10.4. The number of hydrogen-bond acceptors (Lipinski definition) is 2. The van der Waals surface area contributed by atoms with E-state index in [1.165, 1.54) is 16.7 Å². The molecule has 0 bridgehead atoms. The van der Waals surface area contributed by atoms with Gasteiger partial charge in [-0.25, -0.2) is 0 Å². The Morgan fingerprint density at radius 2 is 1.68 bits per heavy atom. The van der Waals surface area contributed by atoms with Gasteiger partial charge in [0.1, 0.15) is 0 Å². The first kappa shape index (κ1) is 18.6. The van der Waals surface area contributed by atoms with Crippen LogP contribution in [0.2, 0.25) is 0 Å². The van der Waals surface area contributed by atoms with Gasteiger partial charge < -0.3 is 5.32 Å². The van der Waals surface area contributed by atoms with Gasteiger partial charge in [0.25, 0.3) is 0 Å². The highest BCUT2D eigenvalue weighted by Gasteiger charge is 2.23. The van der Waals surface area contributed by atoms with E-state index in [1.54, 1.807) is 4.90 Å². The molecule has 3 nitrogen and oxygen atoms in total. The molecule has 0 spiro atoms. The lowest BCUT2D eigenvalue weighted by Crippen LogP contribution is -2.30. The van der Waals surface area contributed by atoms with Crippen molar-refractivity contribution < 1.29 is 4.79 Å². The van der Waals surface area contributed by atoms with Gasteiger partial charge in [0.2, 0.25) is 5.91 Å². The van der Waals surface area contributed by atoms with Crippen LogP contribution in [0.4, 0.5) is 0 Å². The molecule has 0 saturated carbocycles. The first-order valence-corrected chi connectivity index (χ1v) is 8.33. The largest absolute Gasteiger partial charge is 0.353 e. The van der Waals surface area contributed by atoms with E-state index >= 15 is 0 Å². The van der Waals surface area contributed by atoms with Gasteiger partial charge in [-0.05, 0) is 65.6 Å². The Hall–Kier alpha value is -1.42. The molecule has 0 aromatic carbocycles. The third-order valence-corrected chi connectivity index (χ3v) is 4.05. The second-order valence-electron chi connectivity index (χ2n) is 6.12. The zero-order valence-electron chi connectivity index (χ0n) is 14.2. The van der Waals surface area contributed by atoms with Crippen molar-refractivity contribution in [2.75, 3.05) is 13.1 Å². The molecule has 22 heavy (non-hydrogen) atoms. The van der Waals surface area contributed by atoms with Crippen molar-refractivity contribution in [1.82, 2.24) is 10.2 Å². The number of carbonyl (C=O) groups excluding carboxylic acids is 1. The van der Waals surface area contributed by atoms with E-state index in [9.17, 15) is 4.79 Å². The summed E-state index contributed by atoms with van der Waals surface area (Å²) < 4.78 is 0. The maximum atomic E-state index is 11.6. The summed E-state index contributed by atoms with van der Waals surface area (Å²) >= 11 is 5.10. The van der Waals surface area contributed by atoms with E-state index in [0.717, 1.165) is 25.7 Å². The third kappa shape index (κ3) is 7.03. The van der Waals surface area contributed by atoms with Gasteiger partial charge in [-0.2, -0.15) is 0 Å². The number of amides is 1. The van der Waals surface area contributed by atoms with E-state index in [-0.39, 0.29) is 5.91 Å². The molecule has 1 heterocycles. The van der Waals surface area contributed by atoms with Crippen LogP contribution < -0.4 is 5.32 Å². The van der Waals surface area contributed by atoms with Crippen LogP contribution in [-0.2, 0) is 4.79 Å². The summed E-state index contributed by atoms with van der Waals surface area (Å²) in [4.78, 5) is 13.2. The molecule has 0 atom stereocenters. The first-order valence-electron chi connectivity index (χ1n) is 7.93. The Kier molecular flexibility index (Phi) is 8.10. The highest BCUT2D eigenvalue weighted by molar-refractivity contribution is 7.80. The fourth-order valence-corrected chi connectivity index (χ4v) is 2.47. The lowest BCUT2D eigenvalue weighted by Gasteiger charge is -2.12. The lowest BCUT2D eigenvalue weighted by atomic mass is 10.1. The molecule has 0 aliphatic carbocycles. The number of carbonyl (C=O) groups is 1. The number of nitrogens with one attached hydrogen (secondary N) is 1. The van der Waals surface area contributed by atoms with E-state index in [2.05, 4.69) is 51.2 Å². The molecule has 1 aliphatic heterocycles. The van der Waals surface area contributed by atoms with Gasteiger partial charge in [-0.3, -0.25) is 9.69 Å². The monoisotopic (exact) mass is 320 g/mol. The van der Waals surface area contributed by atoms with Crippen LogP contribution in [-0.4, -0.2) is 29.0 Å². The molecule has 122 valence electrons. The molecule has 4 heteroatoms. The maximum Gasteiger partial charge on any atom is 0.248 e. The van der Waals surface area contributed by atoms with Crippen LogP contribution in [0.1, 0.15) is 53.4 Å². The zero-order valence-corrected chi connectivity index (χ0v) is 15.1. The van der Waals surface area contributed by atoms with Crippen molar-refractivity contribution in [2.24, 2.45) is 0 Å². The topological polar surface area (TPSA) is 32.3 Å². The molecule has 1 fully saturated rings. The molecule has 0 aromatic rings. The molecule has 1 amide bonds. The van der Waals surface area contributed by atoms with Crippen LogP contribution in [0.3, 0.4) is 0 Å². The predicted molar refractivity (Wildman–Crippen MR) is 97.7 cm³/mol. The quantitative estimate of drug-likeness (QED) is 0.539. The van der Waals surface area contributed by atoms with Crippen molar-refractivity contribution in [2.45, 2.75) is 53.4 Å². The Morgan fingerprint density at radius 1 is 1.09 bits per heavy atom. The van der Waals surface area contributed by atoms with Crippen LogP contribution >= 0.6 is 12.2 Å². The van der Waals surface area contributed by atoms with Crippen LogP contribution in [0.5, 0.6) is 0 Å². The van der Waals surface area contributed by atoms with Gasteiger partial charge in [0, 0.05) is 6.54 Å². The number of nitrogens with zero attached hydrogens (tertiary/aromatic N) is 1. The van der Waals surface area contributed by atoms with Crippen molar-refractivity contribution >= 4 is 23.2 Å². The number of hydrogen-bond donors (Lipinski definition) is 1. The number of allylic oxidation sites excluding steroid dienone is 5. The van der Waals surface area contributed by atoms with E-state index in [0.29, 0.717) is 18.2 Å². The van der Waals surface area contributed by atoms with Crippen LogP contribution in [0, 0.1) is 0 Å². The summed E-state index contributed by atoms with van der Waals surface area (Å²) in [5.41, 5.74) is 4.14. The number of thiocarbonyl (C=S) groups is 1. The summed E-state index contributed by atoms with van der Waals surface area (Å²) in [5.74, 6) is 0.0593. The Bertz CT molecular complexity index is 483. The van der Waals surface area contributed by atoms with Gasteiger partial charge in [-0.1, -0.05) is 34.9 Å². The highest BCUT2D eigenvalue weighted by atomic mass is 32.1. The van der Waals surface area contributed by atoms with E-state index in [1.807, 2.05) is 0 Å². The molecule has 1 saturated heterocycles. The van der Waals surface area contributed by atoms with Crippen molar-refractivity contribution in [3.63, 3.8) is 0 Å². The SMILES string of the molecule is CC(C)=CCC/C(C)=C/CC/C(C)=C/CN1C(=O)CNC1=S. The Balaban J connectivity index is 2.31. The van der Waals surface area contributed by atoms with E-state index < -0.39 is 0 Å². The highest BCUT2D eigenvalue weighted by Crippen LogP contribution is 2.12. The summed E-state index contributed by atoms with van der Waals surface area (Å²) in [6.07, 6.45) is 11.1. The van der Waals surface area contributed by atoms with E-state index in [4.69, 9.17) is 12.2 Å². The summed E-state index contributed by atoms with van der Waals surface area (Å²) in [7, 11) is 0. The number of rotatable bonds is 8. The average Bonchev–Trinajstić information content (AvgIpc) is 2.75. The van der Waals surface area contributed by atoms with Gasteiger partial charge in [0.05, 0.1) is 6.54 Å². The zero-order chi connectivity index (χ0) is 16.5. The minimum atomic E-state index is 0.0593. The second kappa shape index (κ2) is 9.57. The molecule has 0 radical (unpaired) electrons. The smallest absolute Gasteiger partial charge is 0.248 e. The standard InChI is InChI=1S/C18H28N2OS/c1-14(2)7-5-8-15(3)9-6-10-16(4)11-12-20-17(21)13-19-18(20)22/h7,9,11H,5-6,8,10,12-13H2,1-4H3,(H,19,22)/b15-9+,16-11+. The molecule has 0 unspecified atom stereocenters. The predicted octanol–water partition coefficient (Wildman–Crippen LogP) is 4.12. The molecule has 1 N–H and O–H groups in total. The fraction of sp³-hybridized carbons (Fsp3) is 0.556. The van der Waals surface area contributed by atoms with Crippen LogP contribution in [0.15, 0.2) is 34.9 Å². The minimum absolute atomic E-state index is 0.0593. The second-order valence-corrected chi connectivity index (χ2v) is 6.51. The van der Waals surface area contributed by atoms with Gasteiger partial charge in [0.15, 0.2) is 5.11 Å². The van der Waals surface area contributed by atoms with Gasteiger partial charge >= 0.3 is 0 Å². The maximum absolute atomic E-state index is 11.6. The van der Waals surface area contributed by atoms with Crippen molar-refractivity contribution in [3.05, 3.63) is 34.9 Å². The Morgan fingerprint density at radius 3 is 2.23 bits per heavy atom. The third-order valence-electron chi connectivity index (χ3n) is 3.68. The lowest BCUT2D eigenvalue weighted by molar-refractivity contribution is -0.124. The van der Waals surface area contributed by atoms with Crippen molar-refractivity contribution in [3.8, 4) is 0 Å². The van der Waals surface area contributed by atoms with Crippen LogP contribution in [0.25, 0.3) is 0 Å². The molecule has 1 rings (SSSR count). The summed E-state index contributed by atoms with van der Waals surface area (Å²) in [6.45, 7) is 9.51. The van der Waals surface area contributed by atoms with Gasteiger partial charge in [-0.15, -0.1) is 0 Å². The van der Waals surface area contributed by atoms with Crippen molar-refractivity contribution in [1.29, 1.82) is 0 Å². The molecule has 1 aliphatic rings. The summed E-state index contributed by atoms with van der Waals surface area (Å²) in [6, 6.07) is 0. The molecule has 0 aromatic heterocycles. The molecular formula is C18H28N2OS. The molecular weight excluding hydrogens is 292 g/mol. The summed E-state index contributed by atoms with van der Waals surface area (Å²) in [5, 5.41) is 3.44. The normalized spacial score (nSPS) is 16.1.